The van der Waals surface area contributed by atoms with E-state index in [1.807, 2.05) is 0 Å². The monoisotopic (exact) mass is 249 g/mol. The fraction of sp³-hybridized carbons (Fsp3) is 0.200. The molecule has 1 aromatic carbocycles. The molecule has 0 saturated heterocycles. The molecule has 8 nitrogen and oxygen atoms in total. The third-order valence-electron chi connectivity index (χ3n) is 2.47. The number of carboxylic acids is 1. The fourth-order valence-electron chi connectivity index (χ4n) is 1.49. The zero-order valence-corrected chi connectivity index (χ0v) is 9.24. The summed E-state index contributed by atoms with van der Waals surface area (Å²) in [7, 11) is 0. The van der Waals surface area contributed by atoms with Gasteiger partial charge in [-0.2, -0.15) is 5.21 Å². The van der Waals surface area contributed by atoms with Gasteiger partial charge in [-0.3, -0.25) is 4.79 Å². The van der Waals surface area contributed by atoms with Gasteiger partial charge in [-0.25, -0.2) is 0 Å². The van der Waals surface area contributed by atoms with Gasteiger partial charge in [0.05, 0.1) is 0 Å². The standard InChI is InChI=1S/C10H11N5O3/c11-9(10(17)18)6-2-1-5(7(16)3-6)4-8-12-14-15-13-8/h1-3,9,16H,4,11H2,(H,17,18)(H,12,13,14,15). The first-order chi connectivity index (χ1) is 8.58. The van der Waals surface area contributed by atoms with E-state index in [1.165, 1.54) is 6.07 Å². The highest BCUT2D eigenvalue weighted by atomic mass is 16.4. The summed E-state index contributed by atoms with van der Waals surface area (Å²) < 4.78 is 0. The van der Waals surface area contributed by atoms with Crippen LogP contribution in [0.4, 0.5) is 0 Å². The number of carboxylic acid groups (broad SMARTS) is 1. The first-order valence-corrected chi connectivity index (χ1v) is 5.10. The molecule has 1 unspecified atom stereocenters. The number of rotatable bonds is 4. The summed E-state index contributed by atoms with van der Waals surface area (Å²) in [6.45, 7) is 0. The largest absolute Gasteiger partial charge is 0.508 e. The van der Waals surface area contributed by atoms with E-state index < -0.39 is 12.0 Å². The second-order valence-electron chi connectivity index (χ2n) is 3.71. The van der Waals surface area contributed by atoms with Crippen molar-refractivity contribution in [3.63, 3.8) is 0 Å². The number of benzene rings is 1. The Balaban J connectivity index is 2.22. The minimum atomic E-state index is -1.16. The lowest BCUT2D eigenvalue weighted by Gasteiger charge is -2.09. The van der Waals surface area contributed by atoms with Gasteiger partial charge in [0, 0.05) is 12.0 Å². The average molecular weight is 249 g/mol. The van der Waals surface area contributed by atoms with E-state index in [0.29, 0.717) is 23.4 Å². The maximum Gasteiger partial charge on any atom is 0.325 e. The van der Waals surface area contributed by atoms with Crippen LogP contribution in [0.2, 0.25) is 0 Å². The van der Waals surface area contributed by atoms with Crippen molar-refractivity contribution in [3.8, 4) is 5.75 Å². The molecule has 0 radical (unpaired) electrons. The normalized spacial score (nSPS) is 12.3. The van der Waals surface area contributed by atoms with Crippen LogP contribution >= 0.6 is 0 Å². The molecule has 2 rings (SSSR count). The van der Waals surface area contributed by atoms with Gasteiger partial charge in [-0.05, 0) is 11.6 Å². The Labute approximate surface area is 101 Å². The molecule has 5 N–H and O–H groups in total. The molecule has 18 heavy (non-hydrogen) atoms. The summed E-state index contributed by atoms with van der Waals surface area (Å²) in [6, 6.07) is 3.31. The molecule has 0 bridgehead atoms. The quantitative estimate of drug-likeness (QED) is 0.577. The van der Waals surface area contributed by atoms with Crippen LogP contribution in [0.5, 0.6) is 5.75 Å². The number of hydrogen-bond donors (Lipinski definition) is 4. The van der Waals surface area contributed by atoms with Crippen molar-refractivity contribution in [2.75, 3.05) is 0 Å². The van der Waals surface area contributed by atoms with Crippen molar-refractivity contribution in [2.45, 2.75) is 12.5 Å². The minimum Gasteiger partial charge on any atom is -0.508 e. The number of aromatic amines is 1. The van der Waals surface area contributed by atoms with Crippen molar-refractivity contribution in [1.29, 1.82) is 0 Å². The molecule has 0 aliphatic carbocycles. The third kappa shape index (κ3) is 2.43. The zero-order valence-electron chi connectivity index (χ0n) is 9.24. The number of aliphatic carboxylic acids is 1. The molecule has 94 valence electrons. The number of nitrogens with two attached hydrogens (primary N) is 1. The smallest absolute Gasteiger partial charge is 0.325 e. The molecule has 2 aromatic rings. The molecule has 0 aliphatic heterocycles. The summed E-state index contributed by atoms with van der Waals surface area (Å²) in [4.78, 5) is 10.7. The van der Waals surface area contributed by atoms with Crippen LogP contribution in [0.25, 0.3) is 0 Å². The molecule has 0 amide bonds. The van der Waals surface area contributed by atoms with Gasteiger partial charge in [0.15, 0.2) is 5.82 Å². The van der Waals surface area contributed by atoms with E-state index in [4.69, 9.17) is 10.8 Å². The number of tetrazole rings is 1. The number of aromatic nitrogens is 4. The third-order valence-corrected chi connectivity index (χ3v) is 2.47. The molecule has 0 saturated carbocycles. The van der Waals surface area contributed by atoms with Crippen LogP contribution in [0.1, 0.15) is 23.0 Å². The summed E-state index contributed by atoms with van der Waals surface area (Å²) in [5, 5.41) is 31.8. The second-order valence-corrected chi connectivity index (χ2v) is 3.71. The number of nitrogens with zero attached hydrogens (tertiary/aromatic N) is 3. The van der Waals surface area contributed by atoms with E-state index in [-0.39, 0.29) is 5.75 Å². The van der Waals surface area contributed by atoms with Crippen LogP contribution in [0.3, 0.4) is 0 Å². The second kappa shape index (κ2) is 4.80. The highest BCUT2D eigenvalue weighted by molar-refractivity contribution is 5.75. The SMILES string of the molecule is NC(C(=O)O)c1ccc(Cc2nn[nH]n2)c(O)c1. The van der Waals surface area contributed by atoms with Crippen LogP contribution in [0.15, 0.2) is 18.2 Å². The summed E-state index contributed by atoms with van der Waals surface area (Å²) in [5.74, 6) is -0.769. The lowest BCUT2D eigenvalue weighted by atomic mass is 10.0. The van der Waals surface area contributed by atoms with Crippen molar-refractivity contribution >= 4 is 5.97 Å². The number of aromatic hydroxyl groups is 1. The molecular formula is C10H11N5O3. The van der Waals surface area contributed by atoms with E-state index in [0.717, 1.165) is 0 Å². The number of nitrogens with one attached hydrogen (secondary N) is 1. The predicted molar refractivity (Wildman–Crippen MR) is 59.7 cm³/mol. The van der Waals surface area contributed by atoms with Gasteiger partial charge in [-0.15, -0.1) is 10.2 Å². The van der Waals surface area contributed by atoms with E-state index in [1.54, 1.807) is 12.1 Å². The van der Waals surface area contributed by atoms with Gasteiger partial charge >= 0.3 is 5.97 Å². The van der Waals surface area contributed by atoms with Crippen LogP contribution < -0.4 is 5.73 Å². The molecule has 0 spiro atoms. The summed E-state index contributed by atoms with van der Waals surface area (Å²) in [6.07, 6.45) is 0.297. The van der Waals surface area contributed by atoms with E-state index >= 15 is 0 Å². The number of phenolic OH excluding ortho intramolecular Hbond substituents is 1. The van der Waals surface area contributed by atoms with Crippen molar-refractivity contribution in [2.24, 2.45) is 5.73 Å². The lowest BCUT2D eigenvalue weighted by Crippen LogP contribution is -2.20. The first-order valence-electron chi connectivity index (χ1n) is 5.10. The molecule has 8 heteroatoms. The average Bonchev–Trinajstić information content (AvgIpc) is 2.83. The Hall–Kier alpha value is -2.48. The van der Waals surface area contributed by atoms with Gasteiger partial charge in [0.25, 0.3) is 0 Å². The van der Waals surface area contributed by atoms with Gasteiger partial charge in [-0.1, -0.05) is 17.3 Å². The fourth-order valence-corrected chi connectivity index (χ4v) is 1.49. The predicted octanol–water partition coefficient (Wildman–Crippen LogP) is -0.420. The molecule has 1 aromatic heterocycles. The van der Waals surface area contributed by atoms with E-state index in [2.05, 4.69) is 20.6 Å². The van der Waals surface area contributed by atoms with Gasteiger partial charge in [0.2, 0.25) is 0 Å². The summed E-state index contributed by atoms with van der Waals surface area (Å²) >= 11 is 0. The first kappa shape index (κ1) is 12.0. The zero-order chi connectivity index (χ0) is 13.1. The minimum absolute atomic E-state index is 0.0472. The van der Waals surface area contributed by atoms with Crippen LogP contribution in [-0.2, 0) is 11.2 Å². The van der Waals surface area contributed by atoms with Gasteiger partial charge < -0.3 is 15.9 Å². The highest BCUT2D eigenvalue weighted by Crippen LogP contribution is 2.23. The number of hydrogen-bond acceptors (Lipinski definition) is 6. The molecule has 0 fully saturated rings. The molecule has 1 heterocycles. The van der Waals surface area contributed by atoms with Crippen molar-refractivity contribution < 1.29 is 15.0 Å². The Bertz CT molecular complexity index is 555. The van der Waals surface area contributed by atoms with Crippen molar-refractivity contribution in [1.82, 2.24) is 20.6 Å². The maximum absolute atomic E-state index is 10.7. The Kier molecular flexibility index (Phi) is 3.20. The number of H-pyrrole nitrogens is 1. The van der Waals surface area contributed by atoms with Gasteiger partial charge in [0.1, 0.15) is 11.8 Å². The Morgan fingerprint density at radius 3 is 2.83 bits per heavy atom. The topological polar surface area (TPSA) is 138 Å². The van der Waals surface area contributed by atoms with Crippen LogP contribution in [-0.4, -0.2) is 36.8 Å². The molecule has 1 atom stereocenters. The van der Waals surface area contributed by atoms with Crippen molar-refractivity contribution in [3.05, 3.63) is 35.2 Å². The lowest BCUT2D eigenvalue weighted by molar-refractivity contribution is -0.138. The highest BCUT2D eigenvalue weighted by Gasteiger charge is 2.16. The maximum atomic E-state index is 10.7. The summed E-state index contributed by atoms with van der Waals surface area (Å²) in [5.41, 5.74) is 6.34. The van der Waals surface area contributed by atoms with Crippen LogP contribution in [0, 0.1) is 0 Å². The van der Waals surface area contributed by atoms with E-state index in [9.17, 15) is 9.90 Å². The molecule has 0 aliphatic rings. The molecular weight excluding hydrogens is 238 g/mol. The number of carbonyl (C=O) groups is 1. The Morgan fingerprint density at radius 2 is 2.28 bits per heavy atom. The number of phenols is 1. The Morgan fingerprint density at radius 1 is 1.50 bits per heavy atom.